The van der Waals surface area contributed by atoms with Crippen LogP contribution >= 0.6 is 0 Å². The summed E-state index contributed by atoms with van der Waals surface area (Å²) in [6.07, 6.45) is 1.27. The number of nitrogens with one attached hydrogen (secondary N) is 3. The van der Waals surface area contributed by atoms with Crippen LogP contribution in [-0.4, -0.2) is 28.8 Å². The average Bonchev–Trinajstić information content (AvgIpc) is 3.16. The fraction of sp³-hybridized carbons (Fsp3) is 0.167. The SMILES string of the molecule is CC(CNc1ccccc1)NC(=O)Nc1cccc(-c2nnco2)c1. The van der Waals surface area contributed by atoms with E-state index in [1.807, 2.05) is 49.4 Å². The molecular weight excluding hydrogens is 318 g/mol. The van der Waals surface area contributed by atoms with Crippen molar-refractivity contribution in [3.05, 3.63) is 61.0 Å². The quantitative estimate of drug-likeness (QED) is 0.641. The standard InChI is InChI=1S/C18H19N5O2/c1-13(11-19-15-7-3-2-4-8-15)21-18(24)22-16-9-5-6-14(10-16)17-23-20-12-25-17/h2-10,12-13,19H,11H2,1H3,(H2,21,22,24). The van der Waals surface area contributed by atoms with Crippen molar-refractivity contribution in [1.29, 1.82) is 0 Å². The minimum Gasteiger partial charge on any atom is -0.423 e. The van der Waals surface area contributed by atoms with E-state index in [9.17, 15) is 4.79 Å². The van der Waals surface area contributed by atoms with Crippen molar-refractivity contribution in [2.24, 2.45) is 0 Å². The summed E-state index contributed by atoms with van der Waals surface area (Å²) in [5.41, 5.74) is 2.41. The van der Waals surface area contributed by atoms with Crippen molar-refractivity contribution in [3.8, 4) is 11.5 Å². The topological polar surface area (TPSA) is 92.1 Å². The Hall–Kier alpha value is -3.35. The van der Waals surface area contributed by atoms with Crippen LogP contribution in [-0.2, 0) is 0 Å². The van der Waals surface area contributed by atoms with Gasteiger partial charge < -0.3 is 20.4 Å². The largest absolute Gasteiger partial charge is 0.423 e. The van der Waals surface area contributed by atoms with Crippen molar-refractivity contribution in [2.45, 2.75) is 13.0 Å². The highest BCUT2D eigenvalue weighted by atomic mass is 16.4. The molecule has 7 heteroatoms. The summed E-state index contributed by atoms with van der Waals surface area (Å²) in [4.78, 5) is 12.1. The number of hydrogen-bond donors (Lipinski definition) is 3. The smallest absolute Gasteiger partial charge is 0.319 e. The molecule has 0 aliphatic carbocycles. The molecule has 0 aliphatic heterocycles. The first-order chi connectivity index (χ1) is 12.2. The zero-order valence-corrected chi connectivity index (χ0v) is 13.8. The number of nitrogens with zero attached hydrogens (tertiary/aromatic N) is 2. The van der Waals surface area contributed by atoms with Crippen LogP contribution in [0.25, 0.3) is 11.5 Å². The van der Waals surface area contributed by atoms with Crippen LogP contribution in [0.2, 0.25) is 0 Å². The number of urea groups is 1. The van der Waals surface area contributed by atoms with Gasteiger partial charge in [-0.1, -0.05) is 24.3 Å². The van der Waals surface area contributed by atoms with Crippen molar-refractivity contribution < 1.29 is 9.21 Å². The summed E-state index contributed by atoms with van der Waals surface area (Å²) in [7, 11) is 0. The van der Waals surface area contributed by atoms with Gasteiger partial charge >= 0.3 is 6.03 Å². The van der Waals surface area contributed by atoms with Crippen molar-refractivity contribution in [1.82, 2.24) is 15.5 Å². The molecule has 2 amide bonds. The van der Waals surface area contributed by atoms with Crippen LogP contribution in [0.1, 0.15) is 6.92 Å². The normalized spacial score (nSPS) is 11.6. The molecule has 25 heavy (non-hydrogen) atoms. The van der Waals surface area contributed by atoms with E-state index in [-0.39, 0.29) is 12.1 Å². The summed E-state index contributed by atoms with van der Waals surface area (Å²) in [6, 6.07) is 16.8. The van der Waals surface area contributed by atoms with E-state index in [1.165, 1.54) is 6.39 Å². The minimum absolute atomic E-state index is 0.0423. The summed E-state index contributed by atoms with van der Waals surface area (Å²) in [5.74, 6) is 0.407. The predicted octanol–water partition coefficient (Wildman–Crippen LogP) is 3.36. The Labute approximate surface area is 145 Å². The van der Waals surface area contributed by atoms with Gasteiger partial charge in [0.05, 0.1) is 0 Å². The molecule has 0 spiro atoms. The van der Waals surface area contributed by atoms with Gasteiger partial charge in [0.15, 0.2) is 0 Å². The molecule has 0 bridgehead atoms. The molecule has 1 unspecified atom stereocenters. The molecule has 128 valence electrons. The summed E-state index contributed by atoms with van der Waals surface area (Å²) in [5, 5.41) is 16.5. The predicted molar refractivity (Wildman–Crippen MR) is 96.3 cm³/mol. The first-order valence-electron chi connectivity index (χ1n) is 7.94. The van der Waals surface area contributed by atoms with E-state index in [4.69, 9.17) is 4.42 Å². The second-order valence-corrected chi connectivity index (χ2v) is 5.57. The molecule has 1 heterocycles. The molecular formula is C18H19N5O2. The van der Waals surface area contributed by atoms with E-state index in [0.29, 0.717) is 18.1 Å². The van der Waals surface area contributed by atoms with Crippen LogP contribution in [0.3, 0.4) is 0 Å². The van der Waals surface area contributed by atoms with E-state index in [0.717, 1.165) is 11.3 Å². The highest BCUT2D eigenvalue weighted by Gasteiger charge is 2.09. The molecule has 3 rings (SSSR count). The highest BCUT2D eigenvalue weighted by Crippen LogP contribution is 2.20. The lowest BCUT2D eigenvalue weighted by Crippen LogP contribution is -2.40. The van der Waals surface area contributed by atoms with Gasteiger partial charge in [0, 0.05) is 29.5 Å². The molecule has 0 radical (unpaired) electrons. The fourth-order valence-corrected chi connectivity index (χ4v) is 2.30. The highest BCUT2D eigenvalue weighted by molar-refractivity contribution is 5.90. The minimum atomic E-state index is -0.273. The molecule has 0 saturated carbocycles. The van der Waals surface area contributed by atoms with Crippen LogP contribution in [0, 0.1) is 0 Å². The number of benzene rings is 2. The maximum Gasteiger partial charge on any atom is 0.319 e. The van der Waals surface area contributed by atoms with Crippen molar-refractivity contribution in [3.63, 3.8) is 0 Å². The van der Waals surface area contributed by atoms with Crippen LogP contribution in [0.15, 0.2) is 65.4 Å². The second kappa shape index (κ2) is 7.96. The number of aromatic nitrogens is 2. The first kappa shape index (κ1) is 16.5. The Morgan fingerprint density at radius 3 is 2.68 bits per heavy atom. The third-order valence-corrected chi connectivity index (χ3v) is 3.49. The van der Waals surface area contributed by atoms with Crippen LogP contribution in [0.5, 0.6) is 0 Å². The third kappa shape index (κ3) is 4.81. The lowest BCUT2D eigenvalue weighted by atomic mass is 10.2. The molecule has 0 aliphatic rings. The Kier molecular flexibility index (Phi) is 5.26. The molecule has 3 N–H and O–H groups in total. The number of rotatable bonds is 6. The van der Waals surface area contributed by atoms with Gasteiger partial charge in [-0.05, 0) is 37.3 Å². The summed E-state index contributed by atoms with van der Waals surface area (Å²) >= 11 is 0. The molecule has 7 nitrogen and oxygen atoms in total. The lowest BCUT2D eigenvalue weighted by molar-refractivity contribution is 0.249. The summed E-state index contributed by atoms with van der Waals surface area (Å²) < 4.78 is 5.16. The zero-order valence-electron chi connectivity index (χ0n) is 13.8. The summed E-state index contributed by atoms with van der Waals surface area (Å²) in [6.45, 7) is 2.56. The van der Waals surface area contributed by atoms with Gasteiger partial charge in [-0.15, -0.1) is 10.2 Å². The number of para-hydroxylation sites is 1. The Balaban J connectivity index is 1.51. The van der Waals surface area contributed by atoms with Gasteiger partial charge in [-0.25, -0.2) is 4.79 Å². The molecule has 0 saturated heterocycles. The van der Waals surface area contributed by atoms with Gasteiger partial charge in [-0.3, -0.25) is 0 Å². The Bertz CT molecular complexity index is 805. The average molecular weight is 337 g/mol. The van der Waals surface area contributed by atoms with Gasteiger partial charge in [0.1, 0.15) is 0 Å². The van der Waals surface area contributed by atoms with E-state index < -0.39 is 0 Å². The lowest BCUT2D eigenvalue weighted by Gasteiger charge is -2.16. The fourth-order valence-electron chi connectivity index (χ4n) is 2.30. The Morgan fingerprint density at radius 2 is 1.92 bits per heavy atom. The van der Waals surface area contributed by atoms with Crippen molar-refractivity contribution in [2.75, 3.05) is 17.2 Å². The van der Waals surface area contributed by atoms with E-state index in [1.54, 1.807) is 12.1 Å². The number of anilines is 2. The first-order valence-corrected chi connectivity index (χ1v) is 7.94. The Morgan fingerprint density at radius 1 is 1.12 bits per heavy atom. The van der Waals surface area contributed by atoms with E-state index in [2.05, 4.69) is 26.1 Å². The maximum atomic E-state index is 12.1. The van der Waals surface area contributed by atoms with Gasteiger partial charge in [0.25, 0.3) is 0 Å². The van der Waals surface area contributed by atoms with Crippen molar-refractivity contribution >= 4 is 17.4 Å². The molecule has 1 aromatic heterocycles. The number of carbonyl (C=O) groups excluding carboxylic acids is 1. The van der Waals surface area contributed by atoms with Gasteiger partial charge in [0.2, 0.25) is 12.3 Å². The third-order valence-electron chi connectivity index (χ3n) is 3.49. The van der Waals surface area contributed by atoms with Crippen LogP contribution in [0.4, 0.5) is 16.2 Å². The molecule has 3 aromatic rings. The number of carbonyl (C=O) groups is 1. The van der Waals surface area contributed by atoms with E-state index >= 15 is 0 Å². The monoisotopic (exact) mass is 337 g/mol. The second-order valence-electron chi connectivity index (χ2n) is 5.57. The molecule has 2 aromatic carbocycles. The molecule has 0 fully saturated rings. The van der Waals surface area contributed by atoms with Gasteiger partial charge in [-0.2, -0.15) is 0 Å². The molecule has 1 atom stereocenters. The maximum absolute atomic E-state index is 12.1. The zero-order chi connectivity index (χ0) is 17.5. The van der Waals surface area contributed by atoms with Crippen LogP contribution < -0.4 is 16.0 Å². The number of amides is 2. The number of hydrogen-bond acceptors (Lipinski definition) is 5.